The molecular formula is C21H26N4O3S. The number of para-hydroxylation sites is 1. The van der Waals surface area contributed by atoms with Crippen LogP contribution in [0.1, 0.15) is 47.4 Å². The Balaban J connectivity index is 1.31. The second-order valence-electron chi connectivity index (χ2n) is 8.34. The van der Waals surface area contributed by atoms with E-state index in [1.54, 1.807) is 0 Å². The van der Waals surface area contributed by atoms with Gasteiger partial charge in [-0.05, 0) is 37.5 Å². The fourth-order valence-corrected chi connectivity index (χ4v) is 6.12. The van der Waals surface area contributed by atoms with Crippen LogP contribution in [-0.2, 0) is 9.84 Å². The molecule has 2 saturated heterocycles. The first kappa shape index (κ1) is 18.7. The zero-order valence-corrected chi connectivity index (χ0v) is 17.2. The van der Waals surface area contributed by atoms with Gasteiger partial charge in [0.25, 0.3) is 5.91 Å². The smallest absolute Gasteiger partial charge is 0.274 e. The lowest BCUT2D eigenvalue weighted by atomic mass is 10.2. The Morgan fingerprint density at radius 3 is 2.34 bits per heavy atom. The second-order valence-corrected chi connectivity index (χ2v) is 10.6. The van der Waals surface area contributed by atoms with Crippen molar-refractivity contribution in [2.24, 2.45) is 0 Å². The largest absolute Gasteiger partial charge is 0.368 e. The number of sulfone groups is 1. The van der Waals surface area contributed by atoms with Crippen molar-refractivity contribution >= 4 is 21.4 Å². The molecule has 7 nitrogen and oxygen atoms in total. The molecule has 29 heavy (non-hydrogen) atoms. The standard InChI is InChI=1S/C21H26N4O3S/c26-21(24-11-9-23(10-12-24)17-4-2-1-3-5-17)19-14-20(16-6-7-16)25(22-19)18-8-13-29(27,28)15-18/h1-5,14,16,18H,6-13,15H2/t18-/m1/s1. The molecule has 2 aliphatic heterocycles. The first-order valence-electron chi connectivity index (χ1n) is 10.4. The van der Waals surface area contributed by atoms with Crippen molar-refractivity contribution < 1.29 is 13.2 Å². The lowest BCUT2D eigenvalue weighted by Gasteiger charge is -2.35. The summed E-state index contributed by atoms with van der Waals surface area (Å²) in [6.45, 7) is 2.92. The molecule has 3 aliphatic rings. The summed E-state index contributed by atoms with van der Waals surface area (Å²) in [4.78, 5) is 17.3. The average molecular weight is 415 g/mol. The number of hydrogen-bond donors (Lipinski definition) is 0. The highest BCUT2D eigenvalue weighted by Gasteiger charge is 2.36. The van der Waals surface area contributed by atoms with Crippen LogP contribution in [0.5, 0.6) is 0 Å². The van der Waals surface area contributed by atoms with E-state index < -0.39 is 9.84 Å². The predicted octanol–water partition coefficient (Wildman–Crippen LogP) is 2.08. The topological polar surface area (TPSA) is 75.5 Å². The highest BCUT2D eigenvalue weighted by atomic mass is 32.2. The van der Waals surface area contributed by atoms with E-state index in [1.807, 2.05) is 33.8 Å². The molecule has 0 radical (unpaired) electrons. The monoisotopic (exact) mass is 414 g/mol. The molecule has 1 saturated carbocycles. The van der Waals surface area contributed by atoms with Crippen molar-refractivity contribution in [1.82, 2.24) is 14.7 Å². The van der Waals surface area contributed by atoms with Gasteiger partial charge in [-0.3, -0.25) is 9.48 Å². The SMILES string of the molecule is O=C(c1cc(C2CC2)n([C@@H]2CCS(=O)(=O)C2)n1)N1CCN(c2ccccc2)CC1. The number of carbonyl (C=O) groups excluding carboxylic acids is 1. The third-order valence-corrected chi connectivity index (χ3v) is 7.97. The molecule has 1 aromatic heterocycles. The summed E-state index contributed by atoms with van der Waals surface area (Å²) < 4.78 is 25.7. The summed E-state index contributed by atoms with van der Waals surface area (Å²) in [5.74, 6) is 0.728. The summed E-state index contributed by atoms with van der Waals surface area (Å²) in [7, 11) is -2.99. The Labute approximate surface area is 171 Å². The van der Waals surface area contributed by atoms with E-state index in [4.69, 9.17) is 0 Å². The molecule has 0 unspecified atom stereocenters. The molecule has 0 N–H and O–H groups in total. The van der Waals surface area contributed by atoms with Gasteiger partial charge in [-0.15, -0.1) is 0 Å². The minimum Gasteiger partial charge on any atom is -0.368 e. The van der Waals surface area contributed by atoms with Crippen LogP contribution in [0.2, 0.25) is 0 Å². The van der Waals surface area contributed by atoms with Gasteiger partial charge in [-0.2, -0.15) is 5.10 Å². The Hall–Kier alpha value is -2.35. The second kappa shape index (κ2) is 7.16. The molecule has 1 aromatic carbocycles. The van der Waals surface area contributed by atoms with Crippen molar-refractivity contribution in [2.45, 2.75) is 31.2 Å². The summed E-state index contributed by atoms with van der Waals surface area (Å²) in [6.07, 6.45) is 2.77. The van der Waals surface area contributed by atoms with E-state index in [0.717, 1.165) is 31.6 Å². The normalized spacial score (nSPS) is 24.1. The van der Waals surface area contributed by atoms with Crippen LogP contribution in [0.15, 0.2) is 36.4 Å². The molecule has 0 spiro atoms. The van der Waals surface area contributed by atoms with E-state index in [2.05, 4.69) is 22.1 Å². The van der Waals surface area contributed by atoms with Crippen molar-refractivity contribution in [2.75, 3.05) is 42.6 Å². The number of nitrogens with zero attached hydrogens (tertiary/aromatic N) is 4. The van der Waals surface area contributed by atoms with Gasteiger partial charge in [0.2, 0.25) is 0 Å². The average Bonchev–Trinajstić information content (AvgIpc) is 3.39. The van der Waals surface area contributed by atoms with Gasteiger partial charge >= 0.3 is 0 Å². The van der Waals surface area contributed by atoms with Crippen LogP contribution < -0.4 is 4.90 Å². The number of piperazine rings is 1. The molecule has 1 atom stereocenters. The summed E-state index contributed by atoms with van der Waals surface area (Å²) in [5, 5.41) is 4.62. The van der Waals surface area contributed by atoms with E-state index in [-0.39, 0.29) is 23.5 Å². The number of aromatic nitrogens is 2. The van der Waals surface area contributed by atoms with Crippen molar-refractivity contribution in [3.63, 3.8) is 0 Å². The highest BCUT2D eigenvalue weighted by molar-refractivity contribution is 7.91. The van der Waals surface area contributed by atoms with Crippen LogP contribution in [0, 0.1) is 0 Å². The van der Waals surface area contributed by atoms with E-state index >= 15 is 0 Å². The van der Waals surface area contributed by atoms with Gasteiger partial charge in [-0.25, -0.2) is 8.42 Å². The minimum atomic E-state index is -2.99. The van der Waals surface area contributed by atoms with E-state index in [0.29, 0.717) is 31.1 Å². The lowest BCUT2D eigenvalue weighted by Crippen LogP contribution is -2.48. The number of hydrogen-bond acceptors (Lipinski definition) is 5. The fourth-order valence-electron chi connectivity index (χ4n) is 4.43. The number of rotatable bonds is 4. The van der Waals surface area contributed by atoms with Crippen molar-refractivity contribution in [3.05, 3.63) is 47.8 Å². The zero-order chi connectivity index (χ0) is 20.0. The predicted molar refractivity (Wildman–Crippen MR) is 111 cm³/mol. The molecular weight excluding hydrogens is 388 g/mol. The Bertz CT molecular complexity index is 1010. The summed E-state index contributed by atoms with van der Waals surface area (Å²) >= 11 is 0. The molecule has 3 fully saturated rings. The van der Waals surface area contributed by atoms with Gasteiger partial charge in [0.15, 0.2) is 15.5 Å². The van der Waals surface area contributed by atoms with Crippen LogP contribution in [0.25, 0.3) is 0 Å². The molecule has 154 valence electrons. The molecule has 0 bridgehead atoms. The maximum absolute atomic E-state index is 13.1. The highest BCUT2D eigenvalue weighted by Crippen LogP contribution is 2.42. The maximum Gasteiger partial charge on any atom is 0.274 e. The number of carbonyl (C=O) groups is 1. The van der Waals surface area contributed by atoms with Crippen LogP contribution in [-0.4, -0.2) is 66.7 Å². The summed E-state index contributed by atoms with van der Waals surface area (Å²) in [6, 6.07) is 12.0. The third-order valence-electron chi connectivity index (χ3n) is 6.22. The van der Waals surface area contributed by atoms with Gasteiger partial charge in [0, 0.05) is 43.5 Å². The minimum absolute atomic E-state index is 0.0424. The van der Waals surface area contributed by atoms with Crippen molar-refractivity contribution in [3.8, 4) is 0 Å². The summed E-state index contributed by atoms with van der Waals surface area (Å²) in [5.41, 5.74) is 2.69. The Kier molecular flexibility index (Phi) is 4.61. The first-order valence-corrected chi connectivity index (χ1v) is 12.2. The van der Waals surface area contributed by atoms with Crippen LogP contribution in [0.3, 0.4) is 0 Å². The Morgan fingerprint density at radius 1 is 1.00 bits per heavy atom. The third kappa shape index (κ3) is 3.77. The number of anilines is 1. The van der Waals surface area contributed by atoms with Gasteiger partial charge in [-0.1, -0.05) is 18.2 Å². The van der Waals surface area contributed by atoms with Crippen LogP contribution in [0.4, 0.5) is 5.69 Å². The molecule has 3 heterocycles. The van der Waals surface area contributed by atoms with E-state index in [1.165, 1.54) is 5.69 Å². The first-order chi connectivity index (χ1) is 14.0. The fraction of sp³-hybridized carbons (Fsp3) is 0.524. The zero-order valence-electron chi connectivity index (χ0n) is 16.4. The number of benzene rings is 1. The maximum atomic E-state index is 13.1. The molecule has 1 aliphatic carbocycles. The molecule has 5 rings (SSSR count). The number of amides is 1. The van der Waals surface area contributed by atoms with E-state index in [9.17, 15) is 13.2 Å². The quantitative estimate of drug-likeness (QED) is 0.766. The lowest BCUT2D eigenvalue weighted by molar-refractivity contribution is 0.0739. The van der Waals surface area contributed by atoms with Crippen molar-refractivity contribution in [1.29, 1.82) is 0 Å². The molecule has 1 amide bonds. The van der Waals surface area contributed by atoms with Gasteiger partial charge < -0.3 is 9.80 Å². The molecule has 8 heteroatoms. The van der Waals surface area contributed by atoms with Gasteiger partial charge in [0.05, 0.1) is 17.5 Å². The van der Waals surface area contributed by atoms with Gasteiger partial charge in [0.1, 0.15) is 0 Å². The molecule has 2 aromatic rings. The van der Waals surface area contributed by atoms with Crippen LogP contribution >= 0.6 is 0 Å². The Morgan fingerprint density at radius 2 is 1.72 bits per heavy atom.